The summed E-state index contributed by atoms with van der Waals surface area (Å²) in [4.78, 5) is 10.6. The first-order valence-electron chi connectivity index (χ1n) is 4.49. The Bertz CT molecular complexity index is 194. The van der Waals surface area contributed by atoms with Crippen LogP contribution in [0.4, 0.5) is 8.78 Å². The van der Waals surface area contributed by atoms with Crippen molar-refractivity contribution in [3.05, 3.63) is 0 Å². The van der Waals surface area contributed by atoms with Crippen LogP contribution in [-0.4, -0.2) is 17.0 Å². The molecule has 1 unspecified atom stereocenters. The summed E-state index contributed by atoms with van der Waals surface area (Å²) in [5, 5.41) is 8.68. The maximum atomic E-state index is 12.5. The number of hydrogen-bond donors (Lipinski definition) is 1. The minimum Gasteiger partial charge on any atom is -0.481 e. The summed E-state index contributed by atoms with van der Waals surface area (Å²) >= 11 is 0. The van der Waals surface area contributed by atoms with E-state index in [1.165, 1.54) is 0 Å². The smallest absolute Gasteiger partial charge is 0.306 e. The number of carboxylic acid groups (broad SMARTS) is 1. The lowest BCUT2D eigenvalue weighted by atomic mass is 9.96. The minimum atomic E-state index is -2.86. The molecule has 0 radical (unpaired) electrons. The molecule has 0 aromatic rings. The van der Waals surface area contributed by atoms with Gasteiger partial charge < -0.3 is 5.11 Å². The van der Waals surface area contributed by atoms with Crippen LogP contribution in [0.15, 0.2) is 0 Å². The second-order valence-electron chi connectivity index (χ2n) is 3.99. The quantitative estimate of drug-likeness (QED) is 0.726. The Labute approximate surface area is 75.9 Å². The zero-order valence-corrected chi connectivity index (χ0v) is 7.59. The Morgan fingerprint density at radius 2 is 2.15 bits per heavy atom. The highest BCUT2D eigenvalue weighted by atomic mass is 19.3. The Balaban J connectivity index is 2.41. The second-order valence-corrected chi connectivity index (χ2v) is 3.99. The lowest BCUT2D eigenvalue weighted by Gasteiger charge is -2.16. The molecule has 13 heavy (non-hydrogen) atoms. The third kappa shape index (κ3) is 4.20. The number of alkyl halides is 2. The van der Waals surface area contributed by atoms with E-state index in [1.54, 1.807) is 0 Å². The summed E-state index contributed by atoms with van der Waals surface area (Å²) in [7, 11) is 0. The predicted octanol–water partition coefficient (Wildman–Crippen LogP) is 2.53. The van der Waals surface area contributed by atoms with Crippen LogP contribution >= 0.6 is 0 Å². The third-order valence-electron chi connectivity index (χ3n) is 2.27. The highest BCUT2D eigenvalue weighted by Gasteiger charge is 2.35. The van der Waals surface area contributed by atoms with Crippen LogP contribution in [0.3, 0.4) is 0 Å². The molecule has 1 N–H and O–H groups in total. The summed E-state index contributed by atoms with van der Waals surface area (Å²) in [6, 6.07) is 0. The first-order valence-corrected chi connectivity index (χ1v) is 4.49. The molecule has 0 heterocycles. The van der Waals surface area contributed by atoms with Gasteiger partial charge >= 0.3 is 5.97 Å². The van der Waals surface area contributed by atoms with E-state index < -0.39 is 24.2 Å². The van der Waals surface area contributed by atoms with Crippen LogP contribution in [0.25, 0.3) is 0 Å². The van der Waals surface area contributed by atoms with Crippen LogP contribution in [-0.2, 0) is 4.79 Å². The van der Waals surface area contributed by atoms with Gasteiger partial charge in [0.05, 0.1) is 5.92 Å². The van der Waals surface area contributed by atoms with Gasteiger partial charge in [0.25, 0.3) is 0 Å². The van der Waals surface area contributed by atoms with Crippen LogP contribution in [0.5, 0.6) is 0 Å². The first kappa shape index (κ1) is 10.4. The molecule has 1 aliphatic carbocycles. The molecule has 1 rings (SSSR count). The van der Waals surface area contributed by atoms with Gasteiger partial charge in [-0.15, -0.1) is 0 Å². The van der Waals surface area contributed by atoms with E-state index in [2.05, 4.69) is 0 Å². The van der Waals surface area contributed by atoms with Crippen LogP contribution in [0.2, 0.25) is 0 Å². The van der Waals surface area contributed by atoms with Gasteiger partial charge in [-0.05, 0) is 19.3 Å². The van der Waals surface area contributed by atoms with Gasteiger partial charge in [-0.1, -0.05) is 12.8 Å². The predicted molar refractivity (Wildman–Crippen MR) is 43.7 cm³/mol. The lowest BCUT2D eigenvalue weighted by Crippen LogP contribution is -2.23. The molecule has 1 fully saturated rings. The molecule has 0 amide bonds. The van der Waals surface area contributed by atoms with E-state index in [4.69, 9.17) is 5.11 Å². The molecule has 0 aromatic heterocycles. The van der Waals surface area contributed by atoms with Gasteiger partial charge in [-0.2, -0.15) is 0 Å². The Kier molecular flexibility index (Phi) is 2.88. The number of carbonyl (C=O) groups is 1. The zero-order valence-electron chi connectivity index (χ0n) is 7.59. The molecule has 0 saturated heterocycles. The van der Waals surface area contributed by atoms with Gasteiger partial charge in [-0.25, -0.2) is 8.78 Å². The maximum Gasteiger partial charge on any atom is 0.306 e. The first-order chi connectivity index (χ1) is 5.88. The Hall–Kier alpha value is -0.670. The van der Waals surface area contributed by atoms with E-state index in [0.717, 1.165) is 19.8 Å². The normalized spacial score (nSPS) is 19.9. The van der Waals surface area contributed by atoms with E-state index >= 15 is 0 Å². The topological polar surface area (TPSA) is 37.3 Å². The fourth-order valence-corrected chi connectivity index (χ4v) is 1.46. The van der Waals surface area contributed by atoms with Gasteiger partial charge in [0.2, 0.25) is 5.92 Å². The number of halogens is 2. The fourth-order valence-electron chi connectivity index (χ4n) is 1.46. The van der Waals surface area contributed by atoms with Gasteiger partial charge in [0.1, 0.15) is 0 Å². The summed E-state index contributed by atoms with van der Waals surface area (Å²) in [6.45, 7) is 0.774. The largest absolute Gasteiger partial charge is 0.481 e. The average Bonchev–Trinajstić information content (AvgIpc) is 2.66. The SMILES string of the molecule is CC(F)(F)CC(CC1CC1)C(=O)O. The van der Waals surface area contributed by atoms with E-state index in [9.17, 15) is 13.6 Å². The molecule has 4 heteroatoms. The third-order valence-corrected chi connectivity index (χ3v) is 2.27. The van der Waals surface area contributed by atoms with E-state index in [0.29, 0.717) is 12.3 Å². The molecule has 76 valence electrons. The number of rotatable bonds is 5. The van der Waals surface area contributed by atoms with Crippen molar-refractivity contribution in [2.75, 3.05) is 0 Å². The highest BCUT2D eigenvalue weighted by Crippen LogP contribution is 2.38. The summed E-state index contributed by atoms with van der Waals surface area (Å²) in [6.07, 6.45) is 1.88. The van der Waals surface area contributed by atoms with Crippen LogP contribution in [0.1, 0.15) is 32.6 Å². The average molecular weight is 192 g/mol. The lowest BCUT2D eigenvalue weighted by molar-refractivity contribution is -0.145. The maximum absolute atomic E-state index is 12.5. The fraction of sp³-hybridized carbons (Fsp3) is 0.889. The Morgan fingerprint density at radius 1 is 1.62 bits per heavy atom. The monoisotopic (exact) mass is 192 g/mol. The molecule has 2 nitrogen and oxygen atoms in total. The molecular formula is C9H14F2O2. The van der Waals surface area contributed by atoms with Crippen molar-refractivity contribution < 1.29 is 18.7 Å². The molecule has 1 atom stereocenters. The van der Waals surface area contributed by atoms with E-state index in [1.807, 2.05) is 0 Å². The van der Waals surface area contributed by atoms with Crippen molar-refractivity contribution in [1.82, 2.24) is 0 Å². The molecule has 1 aliphatic rings. The van der Waals surface area contributed by atoms with Crippen molar-refractivity contribution in [2.24, 2.45) is 11.8 Å². The van der Waals surface area contributed by atoms with Crippen molar-refractivity contribution in [2.45, 2.75) is 38.5 Å². The van der Waals surface area contributed by atoms with Crippen LogP contribution < -0.4 is 0 Å². The molecule has 0 aromatic carbocycles. The van der Waals surface area contributed by atoms with Crippen molar-refractivity contribution >= 4 is 5.97 Å². The molecular weight excluding hydrogens is 178 g/mol. The molecule has 0 bridgehead atoms. The summed E-state index contributed by atoms with van der Waals surface area (Å²) in [5.74, 6) is -4.44. The van der Waals surface area contributed by atoms with Crippen molar-refractivity contribution in [3.8, 4) is 0 Å². The number of aliphatic carboxylic acids is 1. The van der Waals surface area contributed by atoms with Gasteiger partial charge in [0.15, 0.2) is 0 Å². The van der Waals surface area contributed by atoms with Crippen molar-refractivity contribution in [3.63, 3.8) is 0 Å². The summed E-state index contributed by atoms with van der Waals surface area (Å²) in [5.41, 5.74) is 0. The van der Waals surface area contributed by atoms with E-state index in [-0.39, 0.29) is 0 Å². The van der Waals surface area contributed by atoms with Gasteiger partial charge in [0, 0.05) is 6.42 Å². The Morgan fingerprint density at radius 3 is 2.46 bits per heavy atom. The minimum absolute atomic E-state index is 0.378. The van der Waals surface area contributed by atoms with Gasteiger partial charge in [-0.3, -0.25) is 4.79 Å². The number of carboxylic acids is 1. The number of hydrogen-bond acceptors (Lipinski definition) is 1. The van der Waals surface area contributed by atoms with Crippen LogP contribution in [0, 0.1) is 11.8 Å². The summed E-state index contributed by atoms with van der Waals surface area (Å²) < 4.78 is 25.1. The van der Waals surface area contributed by atoms with Crippen molar-refractivity contribution in [1.29, 1.82) is 0 Å². The highest BCUT2D eigenvalue weighted by molar-refractivity contribution is 5.70. The molecule has 1 saturated carbocycles. The zero-order chi connectivity index (χ0) is 10.1. The molecule has 0 spiro atoms. The second kappa shape index (κ2) is 3.60. The standard InChI is InChI=1S/C9H14F2O2/c1-9(10,11)5-7(8(12)13)4-6-2-3-6/h6-7H,2-5H2,1H3,(H,12,13). The molecule has 0 aliphatic heterocycles.